The second-order valence-electron chi connectivity index (χ2n) is 18.1. The molecule has 2 aliphatic heterocycles. The number of fused-ring (bicyclic) bond motifs is 8. The summed E-state index contributed by atoms with van der Waals surface area (Å²) < 4.78 is 5.69. The minimum atomic E-state index is -0.381. The molecule has 0 saturated heterocycles. The fourth-order valence-corrected chi connectivity index (χ4v) is 9.70. The highest BCUT2D eigenvalue weighted by molar-refractivity contribution is 6.08. The van der Waals surface area contributed by atoms with Crippen LogP contribution in [0.1, 0.15) is 49.1 Å². The van der Waals surface area contributed by atoms with Gasteiger partial charge in [0.15, 0.2) is 0 Å². The number of hydrogen-bond acceptors (Lipinski definition) is 7. The van der Waals surface area contributed by atoms with Crippen molar-refractivity contribution < 1.29 is 14.3 Å². The number of ether oxygens (including phenoxy) is 1. The van der Waals surface area contributed by atoms with E-state index in [1.807, 2.05) is 85.8 Å². The van der Waals surface area contributed by atoms with Gasteiger partial charge in [0.05, 0.1) is 46.8 Å². The van der Waals surface area contributed by atoms with E-state index in [4.69, 9.17) is 14.7 Å². The normalized spacial score (nSPS) is 11.6. The van der Waals surface area contributed by atoms with Crippen molar-refractivity contribution in [3.05, 3.63) is 234 Å². The van der Waals surface area contributed by atoms with Crippen molar-refractivity contribution in [1.29, 1.82) is 0 Å². The molecule has 0 saturated carbocycles. The first kappa shape index (κ1) is 45.9. The zero-order valence-electron chi connectivity index (χ0n) is 40.8. The Hall–Kier alpha value is -10.3. The van der Waals surface area contributed by atoms with Crippen molar-refractivity contribution in [1.82, 2.24) is 29.9 Å². The van der Waals surface area contributed by atoms with Crippen LogP contribution in [-0.2, 0) is 0 Å². The molecule has 360 valence electrons. The van der Waals surface area contributed by atoms with Gasteiger partial charge in [0.25, 0.3) is 11.8 Å². The summed E-state index contributed by atoms with van der Waals surface area (Å²) in [4.78, 5) is 54.6. The van der Waals surface area contributed by atoms with Crippen LogP contribution in [0.2, 0.25) is 0 Å². The Morgan fingerprint density at radius 1 is 0.440 bits per heavy atom. The molecule has 0 atom stereocenters. The van der Waals surface area contributed by atoms with E-state index in [-0.39, 0.29) is 11.8 Å². The smallest absolute Gasteiger partial charge is 0.259 e. The van der Waals surface area contributed by atoms with Crippen molar-refractivity contribution in [3.63, 3.8) is 0 Å². The molecule has 5 aromatic heterocycles. The standard InChI is InChI=1S/C64H46N8O3/c1-39-32-34-65-56(36-39)57-37-44(33-35-66-57)63(73)68-46-22-23-47(58(38-46)75-2)64(74)67-45-20-18-43(19-21-45)62-54-30-28-52(71-54)60(41-14-8-4-9-15-41)50-26-24-48(69-50)59(40-12-6-3-7-13-40)49-25-27-51(70-49)61(42-16-10-5-11-17-42)53-29-31-55(62)72-53/h3-38,69,72H,1-2H3,(H,67,74)(H,68,73). The van der Waals surface area contributed by atoms with E-state index < -0.39 is 0 Å². The van der Waals surface area contributed by atoms with E-state index in [1.54, 1.807) is 42.7 Å². The van der Waals surface area contributed by atoms with Crippen molar-refractivity contribution in [2.75, 3.05) is 17.7 Å². The van der Waals surface area contributed by atoms with Gasteiger partial charge in [-0.05, 0) is 132 Å². The largest absolute Gasteiger partial charge is 0.496 e. The Labute approximate surface area is 432 Å². The number of H-pyrrole nitrogens is 2. The first-order valence-electron chi connectivity index (χ1n) is 24.5. The molecule has 8 bridgehead atoms. The van der Waals surface area contributed by atoms with Crippen molar-refractivity contribution in [3.8, 4) is 61.6 Å². The van der Waals surface area contributed by atoms with Gasteiger partial charge in [-0.2, -0.15) is 0 Å². The minimum absolute atomic E-state index is 0.292. The predicted octanol–water partition coefficient (Wildman–Crippen LogP) is 14.6. The van der Waals surface area contributed by atoms with Crippen LogP contribution in [0.15, 0.2) is 194 Å². The summed E-state index contributed by atoms with van der Waals surface area (Å²) in [5, 5.41) is 5.97. The molecule has 4 N–H and O–H groups in total. The van der Waals surface area contributed by atoms with Crippen molar-refractivity contribution >= 4 is 69.6 Å². The van der Waals surface area contributed by atoms with Crippen LogP contribution >= 0.6 is 0 Å². The van der Waals surface area contributed by atoms with Crippen molar-refractivity contribution in [2.24, 2.45) is 0 Å². The van der Waals surface area contributed by atoms with Crippen LogP contribution in [0.3, 0.4) is 0 Å². The molecular formula is C64H46N8O3. The minimum Gasteiger partial charge on any atom is -0.496 e. The number of rotatable bonds is 10. The molecule has 2 aliphatic rings. The topological polar surface area (TPSA) is 151 Å². The third-order valence-electron chi connectivity index (χ3n) is 13.3. The maximum absolute atomic E-state index is 14.0. The SMILES string of the molecule is COc1cc(NC(=O)c2ccnc(-c3cc(C)ccn3)c2)ccc1C(=O)Nc1ccc(-c2c3nc(c(-c4ccccc4)c4ccc([nH]4)c(-c4ccccc4)c4nc(c(-c5ccccc5)c5ccc2[nH]5)C=C4)C=C3)cc1. The van der Waals surface area contributed by atoms with Crippen LogP contribution in [0, 0.1) is 6.92 Å². The summed E-state index contributed by atoms with van der Waals surface area (Å²) in [6, 6.07) is 59.3. The molecule has 0 radical (unpaired) electrons. The summed E-state index contributed by atoms with van der Waals surface area (Å²) in [7, 11) is 1.49. The van der Waals surface area contributed by atoms with Gasteiger partial charge in [0.1, 0.15) is 5.75 Å². The van der Waals surface area contributed by atoms with Crippen LogP contribution in [-0.4, -0.2) is 48.8 Å². The average Bonchev–Trinajstić information content (AvgIpc) is 4.33. The molecule has 0 unspecified atom stereocenters. The van der Waals surface area contributed by atoms with E-state index in [2.05, 4.69) is 128 Å². The second-order valence-corrected chi connectivity index (χ2v) is 18.1. The predicted molar refractivity (Wildman–Crippen MR) is 302 cm³/mol. The molecule has 7 heterocycles. The summed E-state index contributed by atoms with van der Waals surface area (Å²) in [5.74, 6) is -0.433. The van der Waals surface area contributed by atoms with Crippen LogP contribution in [0.4, 0.5) is 11.4 Å². The summed E-state index contributed by atoms with van der Waals surface area (Å²) in [6.07, 6.45) is 11.6. The Bertz CT molecular complexity index is 4050. The van der Waals surface area contributed by atoms with Gasteiger partial charge in [0, 0.05) is 79.7 Å². The molecule has 0 aliphatic carbocycles. The lowest BCUT2D eigenvalue weighted by molar-refractivity contribution is 0.101. The quantitative estimate of drug-likeness (QED) is 0.107. The lowest BCUT2D eigenvalue weighted by atomic mass is 10.0. The number of methoxy groups -OCH3 is 1. The first-order chi connectivity index (χ1) is 36.8. The molecule has 11 heteroatoms. The fraction of sp³-hybridized carbons (Fsp3) is 0.0312. The van der Waals surface area contributed by atoms with Crippen LogP contribution in [0.5, 0.6) is 5.75 Å². The molecular weight excluding hydrogens is 929 g/mol. The monoisotopic (exact) mass is 974 g/mol. The molecule has 11 nitrogen and oxygen atoms in total. The Kier molecular flexibility index (Phi) is 12.1. The maximum atomic E-state index is 14.0. The summed E-state index contributed by atoms with van der Waals surface area (Å²) >= 11 is 0. The van der Waals surface area contributed by atoms with E-state index >= 15 is 0 Å². The van der Waals surface area contributed by atoms with Crippen molar-refractivity contribution in [2.45, 2.75) is 6.92 Å². The van der Waals surface area contributed by atoms with Gasteiger partial charge in [-0.1, -0.05) is 103 Å². The number of aromatic amines is 2. The van der Waals surface area contributed by atoms with Gasteiger partial charge >= 0.3 is 0 Å². The number of hydrogen-bond donors (Lipinski definition) is 4. The second kappa shape index (κ2) is 19.7. The lowest BCUT2D eigenvalue weighted by Gasteiger charge is -2.13. The molecule has 0 fully saturated rings. The number of anilines is 2. The van der Waals surface area contributed by atoms with E-state index in [9.17, 15) is 9.59 Å². The number of pyridine rings is 2. The Morgan fingerprint density at radius 3 is 1.33 bits per heavy atom. The van der Waals surface area contributed by atoms with Gasteiger partial charge in [0.2, 0.25) is 0 Å². The van der Waals surface area contributed by atoms with E-state index in [0.29, 0.717) is 39.6 Å². The highest BCUT2D eigenvalue weighted by Crippen LogP contribution is 2.39. The van der Waals surface area contributed by atoms with Gasteiger partial charge < -0.3 is 25.3 Å². The Balaban J connectivity index is 0.929. The lowest BCUT2D eigenvalue weighted by Crippen LogP contribution is -2.15. The highest BCUT2D eigenvalue weighted by Gasteiger charge is 2.21. The Morgan fingerprint density at radius 2 is 0.867 bits per heavy atom. The molecule has 12 rings (SSSR count). The summed E-state index contributed by atoms with van der Waals surface area (Å²) in [5.41, 5.74) is 18.6. The zero-order valence-corrected chi connectivity index (χ0v) is 40.8. The first-order valence-corrected chi connectivity index (χ1v) is 24.5. The molecule has 0 spiro atoms. The number of aryl methyl sites for hydroxylation is 1. The number of carbonyl (C=O) groups excluding carboxylic acids is 2. The van der Waals surface area contributed by atoms with Gasteiger partial charge in [-0.15, -0.1) is 0 Å². The zero-order chi connectivity index (χ0) is 50.8. The van der Waals surface area contributed by atoms with E-state index in [1.165, 1.54) is 7.11 Å². The third-order valence-corrected chi connectivity index (χ3v) is 13.3. The number of amides is 2. The number of aromatic nitrogens is 6. The fourth-order valence-electron chi connectivity index (χ4n) is 9.70. The molecule has 10 aromatic rings. The summed E-state index contributed by atoms with van der Waals surface area (Å²) in [6.45, 7) is 1.98. The average molecular weight is 975 g/mol. The van der Waals surface area contributed by atoms with E-state index in [0.717, 1.165) is 94.9 Å². The maximum Gasteiger partial charge on any atom is 0.259 e. The van der Waals surface area contributed by atoms with Gasteiger partial charge in [-0.25, -0.2) is 9.97 Å². The number of carbonyl (C=O) groups is 2. The molecule has 2 amide bonds. The molecule has 5 aromatic carbocycles. The van der Waals surface area contributed by atoms with Gasteiger partial charge in [-0.3, -0.25) is 19.6 Å². The molecule has 75 heavy (non-hydrogen) atoms. The van der Waals surface area contributed by atoms with Crippen LogP contribution in [0.25, 0.3) is 102 Å². The number of nitrogens with zero attached hydrogens (tertiary/aromatic N) is 4. The number of benzene rings is 5. The highest BCUT2D eigenvalue weighted by atomic mass is 16.5. The van der Waals surface area contributed by atoms with Crippen LogP contribution < -0.4 is 15.4 Å². The number of nitrogens with one attached hydrogen (secondary N) is 4. The third kappa shape index (κ3) is 9.17.